The van der Waals surface area contributed by atoms with Gasteiger partial charge in [0.25, 0.3) is 0 Å². The number of hydrogen-bond donors (Lipinski definition) is 2. The van der Waals surface area contributed by atoms with Crippen molar-refractivity contribution in [2.75, 3.05) is 11.9 Å². The number of fused-ring (bicyclic) bond motifs is 1. The Morgan fingerprint density at radius 3 is 2.92 bits per heavy atom. The highest BCUT2D eigenvalue weighted by Crippen LogP contribution is 2.38. The van der Waals surface area contributed by atoms with Crippen molar-refractivity contribution in [3.8, 4) is 0 Å². The van der Waals surface area contributed by atoms with E-state index in [4.69, 9.17) is 9.15 Å². The predicted octanol–water partition coefficient (Wildman–Crippen LogP) is 3.72. The van der Waals surface area contributed by atoms with Crippen LogP contribution in [0.5, 0.6) is 0 Å². The lowest BCUT2D eigenvalue weighted by Gasteiger charge is -2.12. The normalized spacial score (nSPS) is 13.2. The highest BCUT2D eigenvalue weighted by atomic mass is 32.1. The zero-order chi connectivity index (χ0) is 16.9. The summed E-state index contributed by atoms with van der Waals surface area (Å²) >= 11 is 1.47. The fourth-order valence-electron chi connectivity index (χ4n) is 2.80. The van der Waals surface area contributed by atoms with Gasteiger partial charge in [0.15, 0.2) is 0 Å². The molecule has 0 aliphatic heterocycles. The number of hydrogen-bond acceptors (Lipinski definition) is 5. The summed E-state index contributed by atoms with van der Waals surface area (Å²) in [4.78, 5) is 25.6. The molecule has 2 amide bonds. The van der Waals surface area contributed by atoms with E-state index in [1.54, 1.807) is 25.3 Å². The van der Waals surface area contributed by atoms with Gasteiger partial charge >= 0.3 is 12.0 Å². The molecule has 3 rings (SSSR count). The Hall–Kier alpha value is -2.28. The summed E-state index contributed by atoms with van der Waals surface area (Å²) in [6.07, 6.45) is 5.53. The smallest absolute Gasteiger partial charge is 0.341 e. The first-order chi connectivity index (χ1) is 11.7. The van der Waals surface area contributed by atoms with Crippen molar-refractivity contribution in [2.45, 2.75) is 39.2 Å². The molecule has 0 radical (unpaired) electrons. The first-order valence-corrected chi connectivity index (χ1v) is 8.89. The van der Waals surface area contributed by atoms with Crippen LogP contribution in [-0.4, -0.2) is 18.6 Å². The Balaban J connectivity index is 1.75. The maximum Gasteiger partial charge on any atom is 0.341 e. The highest BCUT2D eigenvalue weighted by Gasteiger charge is 2.27. The molecular formula is C17H20N2O4S. The van der Waals surface area contributed by atoms with Crippen molar-refractivity contribution in [3.05, 3.63) is 40.2 Å². The Morgan fingerprint density at radius 1 is 1.33 bits per heavy atom. The Morgan fingerprint density at radius 2 is 2.17 bits per heavy atom. The van der Waals surface area contributed by atoms with Gasteiger partial charge in [-0.05, 0) is 50.3 Å². The number of amides is 2. The third-order valence-electron chi connectivity index (χ3n) is 3.88. The second-order valence-electron chi connectivity index (χ2n) is 5.52. The molecule has 0 fully saturated rings. The van der Waals surface area contributed by atoms with Gasteiger partial charge in [0, 0.05) is 4.88 Å². The van der Waals surface area contributed by atoms with Crippen LogP contribution >= 0.6 is 11.3 Å². The molecular weight excluding hydrogens is 328 g/mol. The van der Waals surface area contributed by atoms with Crippen LogP contribution in [0.15, 0.2) is 22.8 Å². The van der Waals surface area contributed by atoms with E-state index in [0.717, 1.165) is 31.2 Å². The molecule has 0 saturated carbocycles. The van der Waals surface area contributed by atoms with E-state index in [2.05, 4.69) is 10.6 Å². The Kier molecular flexibility index (Phi) is 5.20. The van der Waals surface area contributed by atoms with Crippen LogP contribution in [0.1, 0.15) is 46.3 Å². The number of urea groups is 1. The number of carbonyl (C=O) groups excluding carboxylic acids is 2. The molecule has 2 heterocycles. The number of nitrogens with one attached hydrogen (secondary N) is 2. The number of thiophene rings is 1. The number of aryl methyl sites for hydroxylation is 1. The Bertz CT molecular complexity index is 721. The summed E-state index contributed by atoms with van der Waals surface area (Å²) in [6.45, 7) is 2.38. The van der Waals surface area contributed by atoms with E-state index < -0.39 is 0 Å². The van der Waals surface area contributed by atoms with Crippen LogP contribution < -0.4 is 10.6 Å². The summed E-state index contributed by atoms with van der Waals surface area (Å²) in [7, 11) is 0. The average molecular weight is 348 g/mol. The van der Waals surface area contributed by atoms with Crippen LogP contribution in [0.3, 0.4) is 0 Å². The number of furan rings is 1. The molecule has 0 spiro atoms. The zero-order valence-electron chi connectivity index (χ0n) is 13.5. The standard InChI is InChI=1S/C17H20N2O4S/c1-2-22-16(20)14-12-7-3-4-8-13(12)24-15(14)19-17(21)18-10-11-6-5-9-23-11/h5-6,9H,2-4,7-8,10H2,1H3,(H2,18,19,21). The molecule has 0 atom stereocenters. The molecule has 0 bridgehead atoms. The molecule has 2 N–H and O–H groups in total. The highest BCUT2D eigenvalue weighted by molar-refractivity contribution is 7.17. The predicted molar refractivity (Wildman–Crippen MR) is 91.5 cm³/mol. The molecule has 0 aromatic carbocycles. The van der Waals surface area contributed by atoms with E-state index in [0.29, 0.717) is 29.5 Å². The summed E-state index contributed by atoms with van der Waals surface area (Å²) in [6, 6.07) is 3.19. The first kappa shape index (κ1) is 16.6. The Labute approximate surface area is 144 Å². The van der Waals surface area contributed by atoms with Gasteiger partial charge < -0.3 is 14.5 Å². The van der Waals surface area contributed by atoms with Gasteiger partial charge in [-0.2, -0.15) is 0 Å². The van der Waals surface area contributed by atoms with Crippen molar-refractivity contribution in [2.24, 2.45) is 0 Å². The SMILES string of the molecule is CCOC(=O)c1c(NC(=O)NCc2ccco2)sc2c1CCCC2. The van der Waals surface area contributed by atoms with Crippen LogP contribution in [0, 0.1) is 0 Å². The molecule has 6 nitrogen and oxygen atoms in total. The fourth-order valence-corrected chi connectivity index (χ4v) is 4.07. The monoisotopic (exact) mass is 348 g/mol. The number of carbonyl (C=O) groups is 2. The van der Waals surface area contributed by atoms with Gasteiger partial charge in [-0.25, -0.2) is 9.59 Å². The van der Waals surface area contributed by atoms with E-state index in [9.17, 15) is 9.59 Å². The second-order valence-corrected chi connectivity index (χ2v) is 6.63. The number of anilines is 1. The van der Waals surface area contributed by atoms with E-state index in [1.807, 2.05) is 0 Å². The van der Waals surface area contributed by atoms with Gasteiger partial charge in [-0.15, -0.1) is 11.3 Å². The van der Waals surface area contributed by atoms with E-state index in [-0.39, 0.29) is 12.0 Å². The van der Waals surface area contributed by atoms with Crippen LogP contribution in [0.2, 0.25) is 0 Å². The number of ether oxygens (including phenoxy) is 1. The molecule has 2 aromatic heterocycles. The van der Waals surface area contributed by atoms with Gasteiger partial charge in [0.05, 0.1) is 25.0 Å². The third kappa shape index (κ3) is 3.62. The maximum absolute atomic E-state index is 12.3. The lowest BCUT2D eigenvalue weighted by atomic mass is 9.95. The fraction of sp³-hybridized carbons (Fsp3) is 0.412. The molecule has 1 aliphatic carbocycles. The van der Waals surface area contributed by atoms with E-state index >= 15 is 0 Å². The van der Waals surface area contributed by atoms with Gasteiger partial charge in [0.2, 0.25) is 0 Å². The summed E-state index contributed by atoms with van der Waals surface area (Å²) in [5, 5.41) is 6.09. The molecule has 1 aliphatic rings. The minimum absolute atomic E-state index is 0.290. The van der Waals surface area contributed by atoms with Crippen molar-refractivity contribution in [1.82, 2.24) is 5.32 Å². The maximum atomic E-state index is 12.3. The quantitative estimate of drug-likeness (QED) is 0.807. The van der Waals surface area contributed by atoms with Gasteiger partial charge in [-0.1, -0.05) is 0 Å². The minimum atomic E-state index is -0.365. The lowest BCUT2D eigenvalue weighted by Crippen LogP contribution is -2.28. The van der Waals surface area contributed by atoms with Crippen LogP contribution in [0.4, 0.5) is 9.80 Å². The lowest BCUT2D eigenvalue weighted by molar-refractivity contribution is 0.0526. The molecule has 7 heteroatoms. The summed E-state index contributed by atoms with van der Waals surface area (Å²) in [5.74, 6) is 0.305. The molecule has 24 heavy (non-hydrogen) atoms. The summed E-state index contributed by atoms with van der Waals surface area (Å²) in [5.41, 5.74) is 1.55. The van der Waals surface area contributed by atoms with Crippen molar-refractivity contribution < 1.29 is 18.7 Å². The topological polar surface area (TPSA) is 80.6 Å². The largest absolute Gasteiger partial charge is 0.467 e. The number of rotatable bonds is 5. The van der Waals surface area contributed by atoms with Crippen LogP contribution in [0.25, 0.3) is 0 Å². The van der Waals surface area contributed by atoms with Gasteiger partial charge in [0.1, 0.15) is 10.8 Å². The van der Waals surface area contributed by atoms with Crippen molar-refractivity contribution in [1.29, 1.82) is 0 Å². The van der Waals surface area contributed by atoms with Crippen molar-refractivity contribution in [3.63, 3.8) is 0 Å². The first-order valence-electron chi connectivity index (χ1n) is 8.08. The molecule has 0 saturated heterocycles. The minimum Gasteiger partial charge on any atom is -0.467 e. The molecule has 2 aromatic rings. The molecule has 0 unspecified atom stereocenters. The second kappa shape index (κ2) is 7.53. The van der Waals surface area contributed by atoms with Crippen molar-refractivity contribution >= 4 is 28.3 Å². The third-order valence-corrected chi connectivity index (χ3v) is 5.09. The molecule has 128 valence electrons. The summed E-state index contributed by atoms with van der Waals surface area (Å²) < 4.78 is 10.4. The van der Waals surface area contributed by atoms with Crippen LogP contribution in [-0.2, 0) is 24.1 Å². The average Bonchev–Trinajstić information content (AvgIpc) is 3.20. The van der Waals surface area contributed by atoms with Gasteiger partial charge in [-0.3, -0.25) is 5.32 Å². The zero-order valence-corrected chi connectivity index (χ0v) is 14.3. The van der Waals surface area contributed by atoms with E-state index in [1.165, 1.54) is 16.2 Å². The number of esters is 1.